The highest BCUT2D eigenvalue weighted by molar-refractivity contribution is 7.09. The number of methoxy groups -OCH3 is 1. The summed E-state index contributed by atoms with van der Waals surface area (Å²) in [5, 5.41) is 15.3. The molecular weight excluding hydrogens is 274 g/mol. The van der Waals surface area contributed by atoms with E-state index in [2.05, 4.69) is 5.32 Å². The van der Waals surface area contributed by atoms with Gasteiger partial charge in [0.25, 0.3) is 0 Å². The summed E-state index contributed by atoms with van der Waals surface area (Å²) in [4.78, 5) is 13.2. The Kier molecular flexibility index (Phi) is 6.01. The van der Waals surface area contributed by atoms with Crippen molar-refractivity contribution in [1.82, 2.24) is 5.32 Å². The van der Waals surface area contributed by atoms with E-state index in [0.29, 0.717) is 6.42 Å². The van der Waals surface area contributed by atoms with Crippen LogP contribution >= 0.6 is 11.3 Å². The van der Waals surface area contributed by atoms with Crippen molar-refractivity contribution in [1.29, 1.82) is 0 Å². The number of hydrogen-bond acceptors (Lipinski definition) is 4. The zero-order valence-electron chi connectivity index (χ0n) is 11.9. The van der Waals surface area contributed by atoms with E-state index in [4.69, 9.17) is 4.74 Å². The molecule has 1 heterocycles. The standard InChI is InChI=1S/C15H23NO3S/c1-19-13-7-3-2-6-12(15(13)18)16-14(17)9-8-11-5-4-10-20-11/h4-5,10,12-13,15,18H,2-3,6-9H2,1H3,(H,16,17)/t12-,13-,15-/m1/s1. The second-order valence-electron chi connectivity index (χ2n) is 5.30. The molecule has 5 heteroatoms. The molecule has 0 bridgehead atoms. The Morgan fingerprint density at radius 3 is 3.00 bits per heavy atom. The molecule has 1 amide bonds. The van der Waals surface area contributed by atoms with Crippen molar-refractivity contribution in [3.8, 4) is 0 Å². The normalized spacial score (nSPS) is 27.0. The van der Waals surface area contributed by atoms with Crippen molar-refractivity contribution in [2.45, 2.75) is 56.8 Å². The van der Waals surface area contributed by atoms with E-state index in [1.54, 1.807) is 18.4 Å². The molecule has 1 saturated carbocycles. The molecule has 1 fully saturated rings. The van der Waals surface area contributed by atoms with Crippen LogP contribution in [0, 0.1) is 0 Å². The number of carbonyl (C=O) groups excluding carboxylic acids is 1. The molecule has 1 aromatic rings. The van der Waals surface area contributed by atoms with Gasteiger partial charge in [-0.15, -0.1) is 11.3 Å². The third-order valence-corrected chi connectivity index (χ3v) is 4.81. The van der Waals surface area contributed by atoms with Gasteiger partial charge in [0, 0.05) is 18.4 Å². The summed E-state index contributed by atoms with van der Waals surface area (Å²) in [5.74, 6) is 0.0132. The number of aliphatic hydroxyl groups excluding tert-OH is 1. The Morgan fingerprint density at radius 2 is 2.30 bits per heavy atom. The van der Waals surface area contributed by atoms with Gasteiger partial charge in [-0.25, -0.2) is 0 Å². The molecule has 0 aromatic carbocycles. The van der Waals surface area contributed by atoms with Gasteiger partial charge in [0.1, 0.15) is 6.10 Å². The number of amides is 1. The average Bonchev–Trinajstić information content (AvgIpc) is 2.90. The topological polar surface area (TPSA) is 58.6 Å². The lowest BCUT2D eigenvalue weighted by Gasteiger charge is -2.27. The van der Waals surface area contributed by atoms with Gasteiger partial charge in [0.2, 0.25) is 5.91 Å². The summed E-state index contributed by atoms with van der Waals surface area (Å²) in [6.45, 7) is 0. The van der Waals surface area contributed by atoms with Crippen LogP contribution in [-0.4, -0.2) is 36.4 Å². The molecule has 20 heavy (non-hydrogen) atoms. The molecule has 0 aliphatic heterocycles. The van der Waals surface area contributed by atoms with E-state index in [0.717, 1.165) is 32.1 Å². The predicted molar refractivity (Wildman–Crippen MR) is 79.8 cm³/mol. The monoisotopic (exact) mass is 297 g/mol. The molecule has 2 rings (SSSR count). The lowest BCUT2D eigenvalue weighted by Crippen LogP contribution is -2.48. The molecule has 1 aliphatic rings. The van der Waals surface area contributed by atoms with Crippen molar-refractivity contribution in [2.75, 3.05) is 7.11 Å². The van der Waals surface area contributed by atoms with Gasteiger partial charge in [-0.1, -0.05) is 18.9 Å². The minimum atomic E-state index is -0.604. The number of thiophene rings is 1. The maximum atomic E-state index is 12.0. The molecule has 112 valence electrons. The first-order chi connectivity index (χ1) is 9.70. The van der Waals surface area contributed by atoms with E-state index in [-0.39, 0.29) is 18.1 Å². The van der Waals surface area contributed by atoms with Gasteiger partial charge in [0.05, 0.1) is 12.1 Å². The molecular formula is C15H23NO3S. The zero-order valence-corrected chi connectivity index (χ0v) is 12.7. The largest absolute Gasteiger partial charge is 0.388 e. The smallest absolute Gasteiger partial charge is 0.220 e. The van der Waals surface area contributed by atoms with Crippen LogP contribution in [0.25, 0.3) is 0 Å². The summed E-state index contributed by atoms with van der Waals surface area (Å²) in [6.07, 6.45) is 4.21. The highest BCUT2D eigenvalue weighted by Gasteiger charge is 2.30. The van der Waals surface area contributed by atoms with Crippen LogP contribution in [0.4, 0.5) is 0 Å². The quantitative estimate of drug-likeness (QED) is 0.818. The summed E-state index contributed by atoms with van der Waals surface area (Å²) in [7, 11) is 1.62. The van der Waals surface area contributed by atoms with Gasteiger partial charge in [-0.3, -0.25) is 4.79 Å². The summed E-state index contributed by atoms with van der Waals surface area (Å²) in [5.41, 5.74) is 0. The molecule has 1 aromatic heterocycles. The third kappa shape index (κ3) is 4.30. The van der Waals surface area contributed by atoms with E-state index >= 15 is 0 Å². The van der Waals surface area contributed by atoms with Crippen molar-refractivity contribution < 1.29 is 14.6 Å². The molecule has 0 saturated heterocycles. The van der Waals surface area contributed by atoms with Gasteiger partial charge in [-0.2, -0.15) is 0 Å². The second-order valence-corrected chi connectivity index (χ2v) is 6.33. The lowest BCUT2D eigenvalue weighted by atomic mass is 10.0. The fraction of sp³-hybridized carbons (Fsp3) is 0.667. The Labute approximate surface area is 124 Å². The molecule has 2 N–H and O–H groups in total. The average molecular weight is 297 g/mol. The van der Waals surface area contributed by atoms with E-state index in [9.17, 15) is 9.90 Å². The summed E-state index contributed by atoms with van der Waals surface area (Å²) < 4.78 is 5.31. The number of carbonyl (C=O) groups is 1. The van der Waals surface area contributed by atoms with Gasteiger partial charge in [-0.05, 0) is 30.7 Å². The predicted octanol–water partition coefficient (Wildman–Crippen LogP) is 2.12. The van der Waals surface area contributed by atoms with Gasteiger partial charge in [0.15, 0.2) is 0 Å². The molecule has 0 unspecified atom stereocenters. The van der Waals surface area contributed by atoms with Crippen molar-refractivity contribution in [3.05, 3.63) is 22.4 Å². The first-order valence-corrected chi connectivity index (χ1v) is 8.11. The number of rotatable bonds is 5. The molecule has 0 spiro atoms. The molecule has 4 nitrogen and oxygen atoms in total. The number of aryl methyl sites for hydroxylation is 1. The zero-order chi connectivity index (χ0) is 14.4. The number of nitrogens with one attached hydrogen (secondary N) is 1. The van der Waals surface area contributed by atoms with Crippen LogP contribution in [0.3, 0.4) is 0 Å². The van der Waals surface area contributed by atoms with Crippen LogP contribution in [0.15, 0.2) is 17.5 Å². The van der Waals surface area contributed by atoms with Gasteiger partial charge < -0.3 is 15.2 Å². The fourth-order valence-corrected chi connectivity index (χ4v) is 3.40. The van der Waals surface area contributed by atoms with Crippen LogP contribution < -0.4 is 5.32 Å². The van der Waals surface area contributed by atoms with Crippen LogP contribution in [0.1, 0.15) is 37.0 Å². The van der Waals surface area contributed by atoms with E-state index in [1.165, 1.54) is 4.88 Å². The van der Waals surface area contributed by atoms with Crippen LogP contribution in [-0.2, 0) is 16.0 Å². The van der Waals surface area contributed by atoms with Crippen molar-refractivity contribution in [3.63, 3.8) is 0 Å². The van der Waals surface area contributed by atoms with Crippen LogP contribution in [0.5, 0.6) is 0 Å². The Bertz CT molecular complexity index is 407. The maximum Gasteiger partial charge on any atom is 0.220 e. The van der Waals surface area contributed by atoms with Crippen LogP contribution in [0.2, 0.25) is 0 Å². The maximum absolute atomic E-state index is 12.0. The minimum Gasteiger partial charge on any atom is -0.388 e. The SMILES string of the molecule is CO[C@@H]1CCCC[C@@H](NC(=O)CCc2cccs2)[C@H]1O. The first kappa shape index (κ1) is 15.5. The van der Waals surface area contributed by atoms with Gasteiger partial charge >= 0.3 is 0 Å². The van der Waals surface area contributed by atoms with Crippen molar-refractivity contribution >= 4 is 17.2 Å². The second kappa shape index (κ2) is 7.76. The Morgan fingerprint density at radius 1 is 1.50 bits per heavy atom. The third-order valence-electron chi connectivity index (χ3n) is 3.87. The Balaban J connectivity index is 1.82. The first-order valence-electron chi connectivity index (χ1n) is 7.23. The molecule has 0 radical (unpaired) electrons. The highest BCUT2D eigenvalue weighted by Crippen LogP contribution is 2.21. The molecule has 1 aliphatic carbocycles. The van der Waals surface area contributed by atoms with E-state index in [1.807, 2.05) is 17.5 Å². The number of aliphatic hydroxyl groups is 1. The molecule has 3 atom stereocenters. The fourth-order valence-electron chi connectivity index (χ4n) is 2.70. The number of hydrogen-bond donors (Lipinski definition) is 2. The summed E-state index contributed by atoms with van der Waals surface area (Å²) in [6, 6.07) is 3.86. The summed E-state index contributed by atoms with van der Waals surface area (Å²) >= 11 is 1.67. The Hall–Kier alpha value is -0.910. The van der Waals surface area contributed by atoms with Crippen molar-refractivity contribution in [2.24, 2.45) is 0 Å². The number of ether oxygens (including phenoxy) is 1. The highest BCUT2D eigenvalue weighted by atomic mass is 32.1. The lowest BCUT2D eigenvalue weighted by molar-refractivity contribution is -0.123. The minimum absolute atomic E-state index is 0.0132. The van der Waals surface area contributed by atoms with E-state index < -0.39 is 6.10 Å².